The molecule has 0 aliphatic carbocycles. The summed E-state index contributed by atoms with van der Waals surface area (Å²) in [7, 11) is 1.90. The molecule has 5 heteroatoms. The van der Waals surface area contributed by atoms with Gasteiger partial charge in [-0.2, -0.15) is 0 Å². The number of nitrogens with zero attached hydrogens (tertiary/aromatic N) is 3. The maximum Gasteiger partial charge on any atom is 0.254 e. The summed E-state index contributed by atoms with van der Waals surface area (Å²) in [6.45, 7) is 3.99. The Balaban J connectivity index is 1.34. The fraction of sp³-hybridized carbons (Fsp3) is 0.619. The van der Waals surface area contributed by atoms with Gasteiger partial charge in [-0.15, -0.1) is 0 Å². The highest BCUT2D eigenvalue weighted by atomic mass is 16.2. The van der Waals surface area contributed by atoms with Gasteiger partial charge in [-0.05, 0) is 56.3 Å². The molecule has 1 aromatic carbocycles. The van der Waals surface area contributed by atoms with E-state index in [0.29, 0.717) is 18.5 Å². The topological polar surface area (TPSA) is 43.9 Å². The number of benzene rings is 1. The molecule has 0 aromatic heterocycles. The van der Waals surface area contributed by atoms with Crippen molar-refractivity contribution < 1.29 is 9.59 Å². The summed E-state index contributed by atoms with van der Waals surface area (Å²) >= 11 is 0. The molecule has 0 radical (unpaired) electrons. The number of carbonyl (C=O) groups excluding carboxylic acids is 2. The van der Waals surface area contributed by atoms with Crippen molar-refractivity contribution in [2.45, 2.75) is 44.7 Å². The van der Waals surface area contributed by atoms with E-state index in [1.165, 1.54) is 45.2 Å². The van der Waals surface area contributed by atoms with Crippen LogP contribution in [-0.2, 0) is 11.3 Å². The summed E-state index contributed by atoms with van der Waals surface area (Å²) in [5.41, 5.74) is 1.77. The Morgan fingerprint density at radius 1 is 1.15 bits per heavy atom. The normalized spacial score (nSPS) is 25.7. The van der Waals surface area contributed by atoms with Gasteiger partial charge in [0.2, 0.25) is 5.91 Å². The van der Waals surface area contributed by atoms with Crippen LogP contribution >= 0.6 is 0 Å². The SMILES string of the molecule is CN(CC1CCCN2CCCCC12)C(=O)CN1Cc2ccccc2C1=O. The van der Waals surface area contributed by atoms with Crippen molar-refractivity contribution in [2.24, 2.45) is 5.92 Å². The molecule has 0 bridgehead atoms. The Hall–Kier alpha value is -1.88. The van der Waals surface area contributed by atoms with Crippen LogP contribution in [0.15, 0.2) is 24.3 Å². The zero-order valence-corrected chi connectivity index (χ0v) is 15.7. The lowest BCUT2D eigenvalue weighted by Gasteiger charge is -2.45. The molecule has 0 spiro atoms. The van der Waals surface area contributed by atoms with Crippen molar-refractivity contribution >= 4 is 11.8 Å². The maximum atomic E-state index is 12.7. The number of hydrogen-bond acceptors (Lipinski definition) is 3. The quantitative estimate of drug-likeness (QED) is 0.833. The zero-order valence-electron chi connectivity index (χ0n) is 15.7. The first-order valence-electron chi connectivity index (χ1n) is 9.98. The molecule has 1 aromatic rings. The fourth-order valence-electron chi connectivity index (χ4n) is 4.97. The summed E-state index contributed by atoms with van der Waals surface area (Å²) in [6, 6.07) is 8.30. The van der Waals surface area contributed by atoms with Gasteiger partial charge in [-0.3, -0.25) is 9.59 Å². The van der Waals surface area contributed by atoms with E-state index >= 15 is 0 Å². The number of likely N-dealkylation sites (N-methyl/N-ethyl adjacent to an activating group) is 1. The minimum atomic E-state index is -0.0153. The van der Waals surface area contributed by atoms with Crippen LogP contribution in [-0.4, -0.2) is 65.8 Å². The van der Waals surface area contributed by atoms with Crippen LogP contribution in [0.1, 0.15) is 48.0 Å². The van der Waals surface area contributed by atoms with Crippen molar-refractivity contribution in [1.82, 2.24) is 14.7 Å². The molecule has 2 saturated heterocycles. The third-order valence-electron chi connectivity index (χ3n) is 6.39. The first kappa shape index (κ1) is 17.5. The highest BCUT2D eigenvalue weighted by Gasteiger charge is 2.35. The summed E-state index contributed by atoms with van der Waals surface area (Å²) in [6.07, 6.45) is 6.36. The molecular weight excluding hydrogens is 326 g/mol. The molecular formula is C21H29N3O2. The Bertz CT molecular complexity index is 688. The van der Waals surface area contributed by atoms with E-state index in [0.717, 1.165) is 17.7 Å². The Morgan fingerprint density at radius 2 is 1.96 bits per heavy atom. The first-order valence-corrected chi connectivity index (χ1v) is 9.98. The second-order valence-electron chi connectivity index (χ2n) is 8.09. The highest BCUT2D eigenvalue weighted by Crippen LogP contribution is 2.31. The molecule has 2 amide bonds. The largest absolute Gasteiger partial charge is 0.344 e. The molecule has 3 aliphatic rings. The molecule has 2 atom stereocenters. The number of rotatable bonds is 4. The average molecular weight is 355 g/mol. The maximum absolute atomic E-state index is 12.7. The van der Waals surface area contributed by atoms with E-state index in [4.69, 9.17) is 0 Å². The van der Waals surface area contributed by atoms with E-state index in [1.807, 2.05) is 36.2 Å². The van der Waals surface area contributed by atoms with Gasteiger partial charge >= 0.3 is 0 Å². The van der Waals surface area contributed by atoms with Gasteiger partial charge in [-0.1, -0.05) is 24.6 Å². The van der Waals surface area contributed by atoms with Crippen molar-refractivity contribution in [3.63, 3.8) is 0 Å². The predicted octanol–water partition coefficient (Wildman–Crippen LogP) is 2.37. The number of hydrogen-bond donors (Lipinski definition) is 0. The fourth-order valence-corrected chi connectivity index (χ4v) is 4.97. The van der Waals surface area contributed by atoms with Crippen molar-refractivity contribution in [3.8, 4) is 0 Å². The molecule has 3 aliphatic heterocycles. The molecule has 5 nitrogen and oxygen atoms in total. The average Bonchev–Trinajstić information content (AvgIpc) is 2.98. The minimum Gasteiger partial charge on any atom is -0.344 e. The number of fused-ring (bicyclic) bond motifs is 2. The highest BCUT2D eigenvalue weighted by molar-refractivity contribution is 6.00. The molecule has 0 N–H and O–H groups in total. The second-order valence-corrected chi connectivity index (χ2v) is 8.09. The van der Waals surface area contributed by atoms with Gasteiger partial charge in [0.05, 0.1) is 0 Å². The van der Waals surface area contributed by atoms with E-state index in [9.17, 15) is 9.59 Å². The molecule has 2 fully saturated rings. The van der Waals surface area contributed by atoms with Gasteiger partial charge in [0.25, 0.3) is 5.91 Å². The van der Waals surface area contributed by atoms with Gasteiger partial charge in [0.15, 0.2) is 0 Å². The lowest BCUT2D eigenvalue weighted by atomic mass is 9.83. The van der Waals surface area contributed by atoms with Crippen LogP contribution in [0.2, 0.25) is 0 Å². The molecule has 2 unspecified atom stereocenters. The second kappa shape index (κ2) is 7.39. The van der Waals surface area contributed by atoms with Gasteiger partial charge in [0, 0.05) is 31.7 Å². The molecule has 0 saturated carbocycles. The first-order chi connectivity index (χ1) is 12.6. The summed E-state index contributed by atoms with van der Waals surface area (Å²) in [5, 5.41) is 0. The third kappa shape index (κ3) is 3.37. The Morgan fingerprint density at radius 3 is 2.81 bits per heavy atom. The van der Waals surface area contributed by atoms with Crippen LogP contribution in [0, 0.1) is 5.92 Å². The summed E-state index contributed by atoms with van der Waals surface area (Å²) in [5.74, 6) is 0.613. The van der Waals surface area contributed by atoms with Crippen LogP contribution in [0.25, 0.3) is 0 Å². The van der Waals surface area contributed by atoms with E-state index < -0.39 is 0 Å². The van der Waals surface area contributed by atoms with Crippen LogP contribution in [0.4, 0.5) is 0 Å². The number of carbonyl (C=O) groups is 2. The van der Waals surface area contributed by atoms with Gasteiger partial charge in [0.1, 0.15) is 6.54 Å². The van der Waals surface area contributed by atoms with Gasteiger partial charge < -0.3 is 14.7 Å². The summed E-state index contributed by atoms with van der Waals surface area (Å²) in [4.78, 5) is 31.4. The minimum absolute atomic E-state index is 0.0153. The monoisotopic (exact) mass is 355 g/mol. The Kier molecular flexibility index (Phi) is 4.98. The lowest BCUT2D eigenvalue weighted by Crippen LogP contribution is -2.51. The van der Waals surface area contributed by atoms with Crippen LogP contribution < -0.4 is 0 Å². The summed E-state index contributed by atoms with van der Waals surface area (Å²) < 4.78 is 0. The molecule has 140 valence electrons. The van der Waals surface area contributed by atoms with Crippen LogP contribution in [0.3, 0.4) is 0 Å². The standard InChI is InChI=1S/C21H29N3O2/c1-22(13-17-8-6-12-23-11-5-4-10-19(17)23)20(25)15-24-14-16-7-2-3-9-18(16)21(24)26/h2-3,7,9,17,19H,4-6,8,10-15H2,1H3. The van der Waals surface area contributed by atoms with Crippen LogP contribution in [0.5, 0.6) is 0 Å². The zero-order chi connectivity index (χ0) is 18.1. The van der Waals surface area contributed by atoms with E-state index in [-0.39, 0.29) is 18.4 Å². The van der Waals surface area contributed by atoms with E-state index in [1.54, 1.807) is 4.90 Å². The molecule has 4 rings (SSSR count). The number of piperidine rings is 2. The smallest absolute Gasteiger partial charge is 0.254 e. The predicted molar refractivity (Wildman–Crippen MR) is 101 cm³/mol. The molecule has 3 heterocycles. The van der Waals surface area contributed by atoms with E-state index in [2.05, 4.69) is 4.90 Å². The Labute approximate surface area is 155 Å². The lowest BCUT2D eigenvalue weighted by molar-refractivity contribution is -0.131. The molecule has 26 heavy (non-hydrogen) atoms. The van der Waals surface area contributed by atoms with Crippen molar-refractivity contribution in [2.75, 3.05) is 33.2 Å². The van der Waals surface area contributed by atoms with Gasteiger partial charge in [-0.25, -0.2) is 0 Å². The third-order valence-corrected chi connectivity index (χ3v) is 6.39. The van der Waals surface area contributed by atoms with Crippen molar-refractivity contribution in [3.05, 3.63) is 35.4 Å². The number of amides is 2. The van der Waals surface area contributed by atoms with Crippen molar-refractivity contribution in [1.29, 1.82) is 0 Å².